The molecule has 0 spiro atoms. The van der Waals surface area contributed by atoms with E-state index in [2.05, 4.69) is 10.6 Å². The van der Waals surface area contributed by atoms with Gasteiger partial charge in [-0.05, 0) is 24.5 Å². The molecule has 0 aliphatic heterocycles. The van der Waals surface area contributed by atoms with E-state index in [0.717, 1.165) is 24.0 Å². The van der Waals surface area contributed by atoms with E-state index in [9.17, 15) is 14.7 Å². The van der Waals surface area contributed by atoms with Gasteiger partial charge in [0, 0.05) is 23.2 Å². The van der Waals surface area contributed by atoms with Crippen LogP contribution in [0.1, 0.15) is 12.8 Å². The van der Waals surface area contributed by atoms with Crippen LogP contribution in [-0.4, -0.2) is 30.1 Å². The molecule has 1 aliphatic rings. The first-order valence-electron chi connectivity index (χ1n) is 7.98. The first-order chi connectivity index (χ1) is 11.6. The zero-order chi connectivity index (χ0) is 17.0. The van der Waals surface area contributed by atoms with Gasteiger partial charge in [0.25, 0.3) is 0 Å². The van der Waals surface area contributed by atoms with Crippen molar-refractivity contribution < 1.29 is 14.7 Å². The van der Waals surface area contributed by atoms with E-state index in [1.807, 2.05) is 48.5 Å². The minimum Gasteiger partial charge on any atom is -0.396 e. The summed E-state index contributed by atoms with van der Waals surface area (Å²) in [4.78, 5) is 24.1. The molecule has 1 aliphatic carbocycles. The summed E-state index contributed by atoms with van der Waals surface area (Å²) >= 11 is 0. The molecule has 0 heterocycles. The van der Waals surface area contributed by atoms with Crippen LogP contribution >= 0.6 is 0 Å². The van der Waals surface area contributed by atoms with Crippen LogP contribution in [0.15, 0.2) is 54.6 Å². The fourth-order valence-corrected chi connectivity index (χ4v) is 2.56. The Balaban J connectivity index is 1.67. The van der Waals surface area contributed by atoms with Gasteiger partial charge < -0.3 is 15.7 Å². The number of rotatable bonds is 5. The highest BCUT2D eigenvalue weighted by atomic mass is 16.3. The van der Waals surface area contributed by atoms with E-state index < -0.39 is 11.8 Å². The molecule has 3 rings (SSSR count). The third-order valence-corrected chi connectivity index (χ3v) is 4.38. The fraction of sp³-hybridized carbons (Fsp3) is 0.263. The predicted octanol–water partition coefficient (Wildman–Crippen LogP) is 2.18. The Hall–Kier alpha value is -2.66. The van der Waals surface area contributed by atoms with E-state index in [1.165, 1.54) is 0 Å². The lowest BCUT2D eigenvalue weighted by Gasteiger charge is -2.14. The van der Waals surface area contributed by atoms with Crippen molar-refractivity contribution in [2.75, 3.05) is 18.5 Å². The van der Waals surface area contributed by atoms with Crippen LogP contribution in [0.4, 0.5) is 5.69 Å². The van der Waals surface area contributed by atoms with Crippen LogP contribution in [0.2, 0.25) is 0 Å². The molecule has 0 atom stereocenters. The third kappa shape index (κ3) is 3.63. The molecule has 5 heteroatoms. The molecular weight excluding hydrogens is 304 g/mol. The number of hydrogen-bond acceptors (Lipinski definition) is 3. The van der Waals surface area contributed by atoms with Gasteiger partial charge in [0.1, 0.15) is 0 Å². The second-order valence-electron chi connectivity index (χ2n) is 6.21. The van der Waals surface area contributed by atoms with Crippen LogP contribution in [0.25, 0.3) is 11.1 Å². The lowest BCUT2D eigenvalue weighted by Crippen LogP contribution is -2.39. The van der Waals surface area contributed by atoms with Crippen LogP contribution in [0.3, 0.4) is 0 Å². The van der Waals surface area contributed by atoms with E-state index >= 15 is 0 Å². The lowest BCUT2D eigenvalue weighted by molar-refractivity contribution is -0.136. The number of para-hydroxylation sites is 1. The number of carbonyl (C=O) groups is 2. The van der Waals surface area contributed by atoms with Crippen molar-refractivity contribution in [3.63, 3.8) is 0 Å². The summed E-state index contributed by atoms with van der Waals surface area (Å²) in [5.74, 6) is -1.38. The Bertz CT molecular complexity index is 739. The summed E-state index contributed by atoms with van der Waals surface area (Å²) in [5, 5.41) is 14.5. The monoisotopic (exact) mass is 324 g/mol. The minimum absolute atomic E-state index is 0.0335. The summed E-state index contributed by atoms with van der Waals surface area (Å²) in [7, 11) is 0. The second-order valence-corrected chi connectivity index (χ2v) is 6.21. The molecule has 5 nitrogen and oxygen atoms in total. The summed E-state index contributed by atoms with van der Waals surface area (Å²) in [6.07, 6.45) is 1.75. The number of carbonyl (C=O) groups excluding carboxylic acids is 2. The minimum atomic E-state index is -0.702. The van der Waals surface area contributed by atoms with Crippen LogP contribution in [-0.2, 0) is 9.59 Å². The maximum atomic E-state index is 12.1. The highest BCUT2D eigenvalue weighted by Gasteiger charge is 2.42. The topological polar surface area (TPSA) is 78.4 Å². The molecule has 1 saturated carbocycles. The van der Waals surface area contributed by atoms with Gasteiger partial charge in [0.2, 0.25) is 0 Å². The number of hydrogen-bond donors (Lipinski definition) is 3. The molecule has 2 aromatic rings. The van der Waals surface area contributed by atoms with Crippen molar-refractivity contribution in [2.45, 2.75) is 12.8 Å². The highest BCUT2D eigenvalue weighted by molar-refractivity contribution is 6.40. The van der Waals surface area contributed by atoms with Gasteiger partial charge in [-0.15, -0.1) is 0 Å². The zero-order valence-corrected chi connectivity index (χ0v) is 13.3. The van der Waals surface area contributed by atoms with E-state index in [0.29, 0.717) is 12.2 Å². The molecule has 1 fully saturated rings. The van der Waals surface area contributed by atoms with Crippen molar-refractivity contribution in [1.82, 2.24) is 5.32 Å². The highest BCUT2D eigenvalue weighted by Crippen LogP contribution is 2.44. The number of nitrogens with one attached hydrogen (secondary N) is 2. The third-order valence-electron chi connectivity index (χ3n) is 4.38. The van der Waals surface area contributed by atoms with E-state index in [-0.39, 0.29) is 12.0 Å². The average Bonchev–Trinajstić information content (AvgIpc) is 3.41. The van der Waals surface area contributed by atoms with Gasteiger partial charge in [-0.25, -0.2) is 0 Å². The number of benzene rings is 2. The Kier molecular flexibility index (Phi) is 4.62. The Morgan fingerprint density at radius 1 is 0.958 bits per heavy atom. The van der Waals surface area contributed by atoms with E-state index in [1.54, 1.807) is 6.07 Å². The zero-order valence-electron chi connectivity index (χ0n) is 13.3. The quantitative estimate of drug-likeness (QED) is 0.738. The summed E-state index contributed by atoms with van der Waals surface area (Å²) in [6.45, 7) is 0.363. The van der Waals surface area contributed by atoms with Gasteiger partial charge in [-0.1, -0.05) is 48.5 Å². The maximum absolute atomic E-state index is 12.1. The van der Waals surface area contributed by atoms with Crippen LogP contribution < -0.4 is 10.6 Å². The SMILES string of the molecule is O=C(NCC1(CO)CC1)C(=O)Nc1ccccc1-c1ccccc1. The first kappa shape index (κ1) is 16.2. The molecule has 0 unspecified atom stereocenters. The summed E-state index contributed by atoms with van der Waals surface area (Å²) in [5.41, 5.74) is 2.18. The smallest absolute Gasteiger partial charge is 0.313 e. The molecule has 24 heavy (non-hydrogen) atoms. The van der Waals surface area contributed by atoms with Crippen LogP contribution in [0, 0.1) is 5.41 Å². The van der Waals surface area contributed by atoms with Crippen LogP contribution in [0.5, 0.6) is 0 Å². The fourth-order valence-electron chi connectivity index (χ4n) is 2.56. The van der Waals surface area contributed by atoms with Crippen molar-refractivity contribution >= 4 is 17.5 Å². The lowest BCUT2D eigenvalue weighted by atomic mass is 10.0. The van der Waals surface area contributed by atoms with Gasteiger partial charge in [-0.3, -0.25) is 9.59 Å². The first-order valence-corrected chi connectivity index (χ1v) is 7.98. The molecule has 124 valence electrons. The number of aliphatic hydroxyl groups excluding tert-OH is 1. The standard InChI is InChI=1S/C19H20N2O3/c22-13-19(10-11-19)12-20-17(23)18(24)21-16-9-5-4-8-15(16)14-6-2-1-3-7-14/h1-9,22H,10-13H2,(H,20,23)(H,21,24). The van der Waals surface area contributed by atoms with Gasteiger partial charge in [0.05, 0.1) is 6.61 Å². The van der Waals surface area contributed by atoms with Crippen molar-refractivity contribution in [3.8, 4) is 11.1 Å². The average molecular weight is 324 g/mol. The molecule has 3 N–H and O–H groups in total. The Labute approximate surface area is 140 Å². The second kappa shape index (κ2) is 6.84. The summed E-state index contributed by atoms with van der Waals surface area (Å²) in [6, 6.07) is 17.0. The predicted molar refractivity (Wildman–Crippen MR) is 92.3 cm³/mol. The molecule has 2 aromatic carbocycles. The van der Waals surface area contributed by atoms with Gasteiger partial charge in [0.15, 0.2) is 0 Å². The number of aliphatic hydroxyl groups is 1. The molecule has 0 bridgehead atoms. The maximum Gasteiger partial charge on any atom is 0.313 e. The molecule has 0 aromatic heterocycles. The molecule has 0 radical (unpaired) electrons. The van der Waals surface area contributed by atoms with Crippen molar-refractivity contribution in [1.29, 1.82) is 0 Å². The van der Waals surface area contributed by atoms with E-state index in [4.69, 9.17) is 0 Å². The normalized spacial score (nSPS) is 14.7. The summed E-state index contributed by atoms with van der Waals surface area (Å²) < 4.78 is 0. The number of amides is 2. The van der Waals surface area contributed by atoms with Gasteiger partial charge >= 0.3 is 11.8 Å². The Morgan fingerprint density at radius 2 is 1.62 bits per heavy atom. The largest absolute Gasteiger partial charge is 0.396 e. The molecule has 0 saturated heterocycles. The molecule has 2 amide bonds. The van der Waals surface area contributed by atoms with Crippen molar-refractivity contribution in [2.24, 2.45) is 5.41 Å². The van der Waals surface area contributed by atoms with Crippen molar-refractivity contribution in [3.05, 3.63) is 54.6 Å². The Morgan fingerprint density at radius 3 is 2.29 bits per heavy atom. The number of anilines is 1. The molecular formula is C19H20N2O3. The van der Waals surface area contributed by atoms with Gasteiger partial charge in [-0.2, -0.15) is 0 Å².